The van der Waals surface area contributed by atoms with Gasteiger partial charge in [0, 0.05) is 18.6 Å². The van der Waals surface area contributed by atoms with Crippen molar-refractivity contribution >= 4 is 0 Å². The van der Waals surface area contributed by atoms with Gasteiger partial charge in [0.25, 0.3) is 0 Å². The molecule has 5 nitrogen and oxygen atoms in total. The van der Waals surface area contributed by atoms with Crippen LogP contribution >= 0.6 is 0 Å². The van der Waals surface area contributed by atoms with Crippen LogP contribution in [0.1, 0.15) is 50.7 Å². The van der Waals surface area contributed by atoms with E-state index in [2.05, 4.69) is 15.5 Å². The van der Waals surface area contributed by atoms with Crippen LogP contribution in [0.2, 0.25) is 0 Å². The molecule has 1 aliphatic carbocycles. The molecule has 0 aliphatic heterocycles. The molecule has 0 aromatic carbocycles. The van der Waals surface area contributed by atoms with Crippen LogP contribution in [0.25, 0.3) is 0 Å². The van der Waals surface area contributed by atoms with Crippen LogP contribution < -0.4 is 5.32 Å². The molecule has 0 saturated heterocycles. The van der Waals surface area contributed by atoms with Crippen LogP contribution in [0.5, 0.6) is 0 Å². The van der Waals surface area contributed by atoms with Crippen LogP contribution in [-0.2, 0) is 17.8 Å². The molecule has 1 aromatic heterocycles. The highest BCUT2D eigenvalue weighted by Crippen LogP contribution is 2.30. The maximum absolute atomic E-state index is 5.31. The van der Waals surface area contributed by atoms with E-state index in [1.165, 1.54) is 32.1 Å². The fraction of sp³-hybridized carbons (Fsp3) is 0.846. The van der Waals surface area contributed by atoms with E-state index in [4.69, 9.17) is 9.26 Å². The first-order valence-corrected chi connectivity index (χ1v) is 6.86. The van der Waals surface area contributed by atoms with Crippen molar-refractivity contribution in [3.05, 3.63) is 11.7 Å². The number of hydrogen-bond acceptors (Lipinski definition) is 5. The molecule has 0 unspecified atom stereocenters. The van der Waals surface area contributed by atoms with Gasteiger partial charge in [-0.05, 0) is 26.8 Å². The summed E-state index contributed by atoms with van der Waals surface area (Å²) in [7, 11) is 2.03. The Hall–Kier alpha value is -0.940. The quantitative estimate of drug-likeness (QED) is 0.841. The van der Waals surface area contributed by atoms with E-state index in [1.807, 2.05) is 14.0 Å². The van der Waals surface area contributed by atoms with E-state index in [0.29, 0.717) is 19.0 Å². The number of nitrogens with zero attached hydrogens (tertiary/aromatic N) is 2. The number of hydrogen-bond donors (Lipinski definition) is 1. The number of likely N-dealkylation sites (N-methyl/N-ethyl adjacent to an activating group) is 1. The normalized spacial score (nSPS) is 19.0. The van der Waals surface area contributed by atoms with Crippen LogP contribution in [0, 0.1) is 0 Å². The van der Waals surface area contributed by atoms with E-state index in [9.17, 15) is 0 Å². The lowest BCUT2D eigenvalue weighted by Crippen LogP contribution is -2.46. The van der Waals surface area contributed by atoms with E-state index in [0.717, 1.165) is 12.3 Å². The van der Waals surface area contributed by atoms with Gasteiger partial charge in [0.15, 0.2) is 5.82 Å². The topological polar surface area (TPSA) is 60.2 Å². The molecule has 1 saturated carbocycles. The molecule has 102 valence electrons. The van der Waals surface area contributed by atoms with Crippen molar-refractivity contribution in [2.24, 2.45) is 0 Å². The first-order chi connectivity index (χ1) is 8.78. The Morgan fingerprint density at radius 3 is 2.78 bits per heavy atom. The second-order valence-corrected chi connectivity index (χ2v) is 5.01. The van der Waals surface area contributed by atoms with E-state index < -0.39 is 0 Å². The van der Waals surface area contributed by atoms with Crippen LogP contribution in [0.4, 0.5) is 0 Å². The minimum absolute atomic E-state index is 0.146. The standard InChI is InChI=1S/C13H23N3O2/c1-3-17-10-11-15-12(18-16-11)9-13(14-2)7-5-4-6-8-13/h14H,3-10H2,1-2H3. The van der Waals surface area contributed by atoms with Gasteiger partial charge in [0.05, 0.1) is 0 Å². The van der Waals surface area contributed by atoms with Crippen molar-refractivity contribution < 1.29 is 9.26 Å². The third-order valence-electron chi connectivity index (χ3n) is 3.78. The average molecular weight is 253 g/mol. The minimum atomic E-state index is 0.146. The molecule has 1 N–H and O–H groups in total. The minimum Gasteiger partial charge on any atom is -0.374 e. The van der Waals surface area contributed by atoms with Crippen molar-refractivity contribution in [1.82, 2.24) is 15.5 Å². The van der Waals surface area contributed by atoms with Crippen LogP contribution in [0.15, 0.2) is 4.52 Å². The Morgan fingerprint density at radius 2 is 2.11 bits per heavy atom. The largest absolute Gasteiger partial charge is 0.374 e. The van der Waals surface area contributed by atoms with Crippen molar-refractivity contribution in [3.8, 4) is 0 Å². The molecule has 1 aromatic rings. The Kier molecular flexibility index (Phi) is 4.72. The molecule has 5 heteroatoms. The second-order valence-electron chi connectivity index (χ2n) is 5.01. The summed E-state index contributed by atoms with van der Waals surface area (Å²) >= 11 is 0. The average Bonchev–Trinajstić information content (AvgIpc) is 2.85. The molecule has 0 amide bonds. The fourth-order valence-electron chi connectivity index (χ4n) is 2.65. The molecule has 1 heterocycles. The molecular formula is C13H23N3O2. The first kappa shape index (κ1) is 13.5. The van der Waals surface area contributed by atoms with Gasteiger partial charge in [0.2, 0.25) is 5.89 Å². The van der Waals surface area contributed by atoms with Crippen molar-refractivity contribution in [1.29, 1.82) is 0 Å². The SMILES string of the molecule is CCOCc1noc(CC2(NC)CCCCC2)n1. The molecule has 2 rings (SSSR count). The molecule has 0 atom stereocenters. The van der Waals surface area contributed by atoms with Gasteiger partial charge in [-0.25, -0.2) is 0 Å². The Bertz CT molecular complexity index is 359. The van der Waals surface area contributed by atoms with Gasteiger partial charge < -0.3 is 14.6 Å². The molecule has 0 bridgehead atoms. The summed E-state index contributed by atoms with van der Waals surface area (Å²) in [4.78, 5) is 4.39. The third kappa shape index (κ3) is 3.29. The maximum Gasteiger partial charge on any atom is 0.228 e. The summed E-state index contributed by atoms with van der Waals surface area (Å²) in [6.07, 6.45) is 7.09. The second kappa shape index (κ2) is 6.29. The van der Waals surface area contributed by atoms with Crippen molar-refractivity contribution in [2.75, 3.05) is 13.7 Å². The lowest BCUT2D eigenvalue weighted by molar-refractivity contribution is 0.126. The summed E-state index contributed by atoms with van der Waals surface area (Å²) in [5, 5.41) is 7.41. The van der Waals surface area contributed by atoms with Crippen LogP contribution in [-0.4, -0.2) is 29.3 Å². The molecule has 0 radical (unpaired) electrons. The Labute approximate surface area is 108 Å². The van der Waals surface area contributed by atoms with Gasteiger partial charge in [-0.3, -0.25) is 0 Å². The summed E-state index contributed by atoms with van der Waals surface area (Å²) in [5.74, 6) is 1.37. The zero-order chi connectivity index (χ0) is 12.8. The third-order valence-corrected chi connectivity index (χ3v) is 3.78. The fourth-order valence-corrected chi connectivity index (χ4v) is 2.65. The number of aromatic nitrogens is 2. The molecule has 1 fully saturated rings. The maximum atomic E-state index is 5.31. The highest BCUT2D eigenvalue weighted by molar-refractivity contribution is 4.98. The highest BCUT2D eigenvalue weighted by Gasteiger charge is 2.32. The van der Waals surface area contributed by atoms with Gasteiger partial charge in [-0.15, -0.1) is 0 Å². The monoisotopic (exact) mass is 253 g/mol. The van der Waals surface area contributed by atoms with E-state index in [1.54, 1.807) is 0 Å². The van der Waals surface area contributed by atoms with Crippen molar-refractivity contribution in [3.63, 3.8) is 0 Å². The van der Waals surface area contributed by atoms with Crippen LogP contribution in [0.3, 0.4) is 0 Å². The smallest absolute Gasteiger partial charge is 0.228 e. The zero-order valence-corrected chi connectivity index (χ0v) is 11.4. The Balaban J connectivity index is 1.96. The summed E-state index contributed by atoms with van der Waals surface area (Å²) in [6.45, 7) is 3.07. The molecular weight excluding hydrogens is 230 g/mol. The number of ether oxygens (including phenoxy) is 1. The summed E-state index contributed by atoms with van der Waals surface area (Å²) in [6, 6.07) is 0. The van der Waals surface area contributed by atoms with Crippen molar-refractivity contribution in [2.45, 2.75) is 57.6 Å². The highest BCUT2D eigenvalue weighted by atomic mass is 16.5. The van der Waals surface area contributed by atoms with E-state index in [-0.39, 0.29) is 5.54 Å². The molecule has 1 aliphatic rings. The Morgan fingerprint density at radius 1 is 1.33 bits per heavy atom. The predicted molar refractivity (Wildman–Crippen MR) is 68.2 cm³/mol. The van der Waals surface area contributed by atoms with Gasteiger partial charge in [0.1, 0.15) is 6.61 Å². The number of rotatable bonds is 6. The van der Waals surface area contributed by atoms with Gasteiger partial charge >= 0.3 is 0 Å². The van der Waals surface area contributed by atoms with Gasteiger partial charge in [-0.2, -0.15) is 4.98 Å². The lowest BCUT2D eigenvalue weighted by Gasteiger charge is -2.36. The van der Waals surface area contributed by atoms with E-state index >= 15 is 0 Å². The summed E-state index contributed by atoms with van der Waals surface area (Å²) < 4.78 is 10.6. The van der Waals surface area contributed by atoms with Gasteiger partial charge in [-0.1, -0.05) is 24.4 Å². The molecule has 0 spiro atoms. The number of nitrogens with one attached hydrogen (secondary N) is 1. The summed E-state index contributed by atoms with van der Waals surface area (Å²) in [5.41, 5.74) is 0.146. The zero-order valence-electron chi connectivity index (χ0n) is 11.4. The first-order valence-electron chi connectivity index (χ1n) is 6.86. The lowest BCUT2D eigenvalue weighted by atomic mass is 9.79. The predicted octanol–water partition coefficient (Wildman–Crippen LogP) is 2.07. The molecule has 18 heavy (non-hydrogen) atoms.